The first-order valence-electron chi connectivity index (χ1n) is 9.35. The van der Waals surface area contributed by atoms with Crippen molar-refractivity contribution in [3.05, 3.63) is 35.4 Å². The Morgan fingerprint density at radius 2 is 1.54 bits per heavy atom. The largest absolute Gasteiger partial charge is 0.416 e. The van der Waals surface area contributed by atoms with E-state index in [0.717, 1.165) is 25.2 Å². The van der Waals surface area contributed by atoms with E-state index in [1.54, 1.807) is 9.80 Å². The Morgan fingerprint density at radius 3 is 2.14 bits per heavy atom. The molecule has 2 saturated heterocycles. The standard InChI is InChI=1S/C19H24F3N3O3/c20-19(21,22)16-3-1-2-15(12-16)13-17(26)24-4-6-25(7-5-24)18(27)14-23-8-10-28-11-9-23/h1-3,12H,4-11,13-14H2. The van der Waals surface area contributed by atoms with Crippen molar-refractivity contribution < 1.29 is 27.5 Å². The van der Waals surface area contributed by atoms with Crippen LogP contribution in [0.4, 0.5) is 13.2 Å². The number of morpholine rings is 1. The normalized spacial score (nSPS) is 19.0. The maximum atomic E-state index is 12.8. The van der Waals surface area contributed by atoms with Gasteiger partial charge in [-0.3, -0.25) is 14.5 Å². The summed E-state index contributed by atoms with van der Waals surface area (Å²) in [6.45, 7) is 4.76. The molecule has 2 heterocycles. The van der Waals surface area contributed by atoms with Crippen LogP contribution in [0.2, 0.25) is 0 Å². The summed E-state index contributed by atoms with van der Waals surface area (Å²) in [6.07, 6.45) is -4.50. The predicted octanol–water partition coefficient (Wildman–Crippen LogP) is 1.25. The van der Waals surface area contributed by atoms with Gasteiger partial charge in [-0.2, -0.15) is 13.2 Å². The van der Waals surface area contributed by atoms with E-state index >= 15 is 0 Å². The Balaban J connectivity index is 1.48. The van der Waals surface area contributed by atoms with Gasteiger partial charge in [0.1, 0.15) is 0 Å². The van der Waals surface area contributed by atoms with Crippen LogP contribution in [-0.4, -0.2) is 85.5 Å². The minimum atomic E-state index is -4.43. The van der Waals surface area contributed by atoms with Crippen molar-refractivity contribution in [1.29, 1.82) is 0 Å². The second-order valence-corrected chi connectivity index (χ2v) is 7.03. The number of benzene rings is 1. The highest BCUT2D eigenvalue weighted by molar-refractivity contribution is 5.80. The van der Waals surface area contributed by atoms with Gasteiger partial charge in [0.2, 0.25) is 11.8 Å². The predicted molar refractivity (Wildman–Crippen MR) is 95.6 cm³/mol. The number of rotatable bonds is 4. The quantitative estimate of drug-likeness (QED) is 0.765. The zero-order valence-electron chi connectivity index (χ0n) is 15.6. The summed E-state index contributed by atoms with van der Waals surface area (Å²) in [4.78, 5) is 30.2. The van der Waals surface area contributed by atoms with E-state index < -0.39 is 11.7 Å². The number of carbonyl (C=O) groups excluding carboxylic acids is 2. The van der Waals surface area contributed by atoms with Gasteiger partial charge in [-0.15, -0.1) is 0 Å². The Hall–Kier alpha value is -2.13. The molecule has 6 nitrogen and oxygen atoms in total. The van der Waals surface area contributed by atoms with Crippen molar-refractivity contribution in [2.45, 2.75) is 12.6 Å². The average molecular weight is 399 g/mol. The van der Waals surface area contributed by atoms with E-state index in [0.29, 0.717) is 51.5 Å². The summed E-state index contributed by atoms with van der Waals surface area (Å²) >= 11 is 0. The second-order valence-electron chi connectivity index (χ2n) is 7.03. The molecule has 2 fully saturated rings. The second kappa shape index (κ2) is 8.91. The number of hydrogen-bond acceptors (Lipinski definition) is 4. The van der Waals surface area contributed by atoms with E-state index in [2.05, 4.69) is 4.90 Å². The van der Waals surface area contributed by atoms with Gasteiger partial charge < -0.3 is 14.5 Å². The number of piperazine rings is 1. The SMILES string of the molecule is O=C(Cc1cccc(C(F)(F)F)c1)N1CCN(C(=O)CN2CCOCC2)CC1. The van der Waals surface area contributed by atoms with Gasteiger partial charge in [0.05, 0.1) is 31.7 Å². The minimum Gasteiger partial charge on any atom is -0.379 e. The Kier molecular flexibility index (Phi) is 6.56. The molecule has 2 amide bonds. The molecule has 154 valence electrons. The molecule has 0 bridgehead atoms. The van der Waals surface area contributed by atoms with Gasteiger partial charge in [0.25, 0.3) is 0 Å². The lowest BCUT2D eigenvalue weighted by atomic mass is 10.1. The number of ether oxygens (including phenoxy) is 1. The molecule has 0 spiro atoms. The van der Waals surface area contributed by atoms with E-state index in [-0.39, 0.29) is 18.2 Å². The van der Waals surface area contributed by atoms with Crippen molar-refractivity contribution in [3.63, 3.8) is 0 Å². The molecule has 1 aromatic rings. The summed E-state index contributed by atoms with van der Waals surface area (Å²) in [5, 5.41) is 0. The van der Waals surface area contributed by atoms with Gasteiger partial charge >= 0.3 is 6.18 Å². The van der Waals surface area contributed by atoms with Crippen molar-refractivity contribution in [2.24, 2.45) is 0 Å². The fraction of sp³-hybridized carbons (Fsp3) is 0.579. The Labute approximate surface area is 161 Å². The summed E-state index contributed by atoms with van der Waals surface area (Å²) in [6, 6.07) is 4.84. The minimum absolute atomic E-state index is 0.0341. The van der Waals surface area contributed by atoms with Crippen molar-refractivity contribution in [1.82, 2.24) is 14.7 Å². The maximum absolute atomic E-state index is 12.8. The maximum Gasteiger partial charge on any atom is 0.416 e. The summed E-state index contributed by atoms with van der Waals surface area (Å²) in [5.74, 6) is -0.188. The van der Waals surface area contributed by atoms with Crippen LogP contribution in [0.15, 0.2) is 24.3 Å². The first-order valence-corrected chi connectivity index (χ1v) is 9.35. The van der Waals surface area contributed by atoms with Crippen LogP contribution in [-0.2, 0) is 26.9 Å². The van der Waals surface area contributed by atoms with Gasteiger partial charge in [0.15, 0.2) is 0 Å². The van der Waals surface area contributed by atoms with Crippen LogP contribution in [0.25, 0.3) is 0 Å². The average Bonchev–Trinajstić information content (AvgIpc) is 2.68. The lowest BCUT2D eigenvalue weighted by molar-refractivity contribution is -0.140. The summed E-state index contributed by atoms with van der Waals surface area (Å²) in [7, 11) is 0. The third kappa shape index (κ3) is 5.45. The lowest BCUT2D eigenvalue weighted by Crippen LogP contribution is -2.53. The molecule has 0 saturated carbocycles. The molecule has 3 rings (SSSR count). The van der Waals surface area contributed by atoms with Crippen molar-refractivity contribution in [2.75, 3.05) is 59.0 Å². The highest BCUT2D eigenvalue weighted by Crippen LogP contribution is 2.29. The third-order valence-electron chi connectivity index (χ3n) is 5.06. The fourth-order valence-corrected chi connectivity index (χ4v) is 3.40. The van der Waals surface area contributed by atoms with E-state index in [1.807, 2.05) is 0 Å². The highest BCUT2D eigenvalue weighted by atomic mass is 19.4. The van der Waals surface area contributed by atoms with Crippen LogP contribution in [0.5, 0.6) is 0 Å². The van der Waals surface area contributed by atoms with Crippen molar-refractivity contribution in [3.8, 4) is 0 Å². The monoisotopic (exact) mass is 399 g/mol. The third-order valence-corrected chi connectivity index (χ3v) is 5.06. The van der Waals surface area contributed by atoms with Crippen LogP contribution >= 0.6 is 0 Å². The highest BCUT2D eigenvalue weighted by Gasteiger charge is 2.31. The van der Waals surface area contributed by atoms with E-state index in [1.165, 1.54) is 12.1 Å². The zero-order chi connectivity index (χ0) is 20.1. The number of carbonyl (C=O) groups is 2. The van der Waals surface area contributed by atoms with Gasteiger partial charge in [-0.05, 0) is 11.6 Å². The van der Waals surface area contributed by atoms with Gasteiger partial charge in [-0.1, -0.05) is 18.2 Å². The molecule has 9 heteroatoms. The molecular formula is C19H24F3N3O3. The number of amides is 2. The first kappa shape index (κ1) is 20.6. The molecule has 2 aliphatic rings. The topological polar surface area (TPSA) is 53.1 Å². The first-order chi connectivity index (χ1) is 13.3. The molecule has 0 radical (unpaired) electrons. The number of alkyl halides is 3. The lowest BCUT2D eigenvalue weighted by Gasteiger charge is -2.36. The molecule has 28 heavy (non-hydrogen) atoms. The molecular weight excluding hydrogens is 375 g/mol. The molecule has 0 aliphatic carbocycles. The van der Waals surface area contributed by atoms with Crippen molar-refractivity contribution >= 4 is 11.8 Å². The summed E-state index contributed by atoms with van der Waals surface area (Å²) in [5.41, 5.74) is -0.415. The number of nitrogens with zero attached hydrogens (tertiary/aromatic N) is 3. The van der Waals surface area contributed by atoms with Crippen LogP contribution in [0, 0.1) is 0 Å². The Bertz CT molecular complexity index is 697. The molecule has 0 atom stereocenters. The number of hydrogen-bond donors (Lipinski definition) is 0. The van der Waals surface area contributed by atoms with E-state index in [4.69, 9.17) is 4.74 Å². The van der Waals surface area contributed by atoms with Crippen LogP contribution in [0.3, 0.4) is 0 Å². The smallest absolute Gasteiger partial charge is 0.379 e. The molecule has 2 aliphatic heterocycles. The fourth-order valence-electron chi connectivity index (χ4n) is 3.40. The zero-order valence-corrected chi connectivity index (χ0v) is 15.6. The van der Waals surface area contributed by atoms with Crippen LogP contribution < -0.4 is 0 Å². The summed E-state index contributed by atoms with van der Waals surface area (Å²) < 4.78 is 43.7. The Morgan fingerprint density at radius 1 is 0.929 bits per heavy atom. The molecule has 0 N–H and O–H groups in total. The number of halogens is 3. The van der Waals surface area contributed by atoms with Gasteiger partial charge in [-0.25, -0.2) is 0 Å². The molecule has 0 aromatic heterocycles. The molecule has 1 aromatic carbocycles. The molecule has 0 unspecified atom stereocenters. The van der Waals surface area contributed by atoms with E-state index in [9.17, 15) is 22.8 Å². The van der Waals surface area contributed by atoms with Crippen LogP contribution in [0.1, 0.15) is 11.1 Å². The van der Waals surface area contributed by atoms with Gasteiger partial charge in [0, 0.05) is 39.3 Å².